The van der Waals surface area contributed by atoms with Gasteiger partial charge in [-0.15, -0.1) is 0 Å². The highest BCUT2D eigenvalue weighted by molar-refractivity contribution is 6.33. The normalized spacial score (nSPS) is 15.6. The van der Waals surface area contributed by atoms with Crippen LogP contribution in [-0.2, 0) is 6.54 Å². The lowest BCUT2D eigenvalue weighted by atomic mass is 10.0. The predicted molar refractivity (Wildman–Crippen MR) is 108 cm³/mol. The number of halogens is 1. The van der Waals surface area contributed by atoms with Gasteiger partial charge in [-0.05, 0) is 69.4 Å². The molecule has 1 amide bonds. The zero-order valence-corrected chi connectivity index (χ0v) is 16.6. The third-order valence-electron chi connectivity index (χ3n) is 5.25. The molecule has 28 heavy (non-hydrogen) atoms. The zero-order chi connectivity index (χ0) is 19.5. The Balaban J connectivity index is 1.59. The standard InChI is InChI=1S/C22H23ClN2O3/c1-24-12-10-16(11-13-24)25(15-17-5-4-14-27-17)22(26)21-9-8-20(28-21)18-6-2-3-7-19(18)23/h2-9,14,16H,10-13,15H2,1H3. The van der Waals surface area contributed by atoms with E-state index in [1.807, 2.05) is 41.3 Å². The van der Waals surface area contributed by atoms with Crippen molar-refractivity contribution in [3.05, 3.63) is 71.3 Å². The van der Waals surface area contributed by atoms with Gasteiger partial charge in [-0.2, -0.15) is 0 Å². The Morgan fingerprint density at radius 3 is 2.64 bits per heavy atom. The molecule has 1 saturated heterocycles. The highest BCUT2D eigenvalue weighted by Gasteiger charge is 2.30. The van der Waals surface area contributed by atoms with Gasteiger partial charge in [0.25, 0.3) is 5.91 Å². The minimum absolute atomic E-state index is 0.121. The van der Waals surface area contributed by atoms with Crippen molar-refractivity contribution >= 4 is 17.5 Å². The molecule has 1 aliphatic rings. The first-order valence-electron chi connectivity index (χ1n) is 9.48. The van der Waals surface area contributed by atoms with Crippen LogP contribution in [0.1, 0.15) is 29.2 Å². The summed E-state index contributed by atoms with van der Waals surface area (Å²) in [5.74, 6) is 1.56. The van der Waals surface area contributed by atoms with Crippen molar-refractivity contribution in [2.24, 2.45) is 0 Å². The van der Waals surface area contributed by atoms with Gasteiger partial charge in [-0.3, -0.25) is 4.79 Å². The van der Waals surface area contributed by atoms with Crippen LogP contribution in [0.25, 0.3) is 11.3 Å². The van der Waals surface area contributed by atoms with Crippen LogP contribution in [-0.4, -0.2) is 41.9 Å². The molecule has 3 aromatic rings. The third-order valence-corrected chi connectivity index (χ3v) is 5.58. The molecule has 5 nitrogen and oxygen atoms in total. The minimum Gasteiger partial charge on any atom is -0.467 e. The number of benzene rings is 1. The molecular weight excluding hydrogens is 376 g/mol. The minimum atomic E-state index is -0.121. The fourth-order valence-corrected chi connectivity index (χ4v) is 3.87. The number of nitrogens with zero attached hydrogens (tertiary/aromatic N) is 2. The molecule has 0 unspecified atom stereocenters. The van der Waals surface area contributed by atoms with Gasteiger partial charge in [0.05, 0.1) is 17.8 Å². The van der Waals surface area contributed by atoms with Crippen LogP contribution in [0.2, 0.25) is 5.02 Å². The number of furan rings is 2. The molecule has 0 radical (unpaired) electrons. The first-order chi connectivity index (χ1) is 13.6. The lowest BCUT2D eigenvalue weighted by molar-refractivity contribution is 0.0520. The highest BCUT2D eigenvalue weighted by atomic mass is 35.5. The Kier molecular flexibility index (Phi) is 5.55. The van der Waals surface area contributed by atoms with Crippen LogP contribution >= 0.6 is 11.6 Å². The molecule has 1 aliphatic heterocycles. The second kappa shape index (κ2) is 8.25. The topological polar surface area (TPSA) is 49.8 Å². The lowest BCUT2D eigenvalue weighted by Crippen LogP contribution is -2.46. The summed E-state index contributed by atoms with van der Waals surface area (Å²) >= 11 is 6.27. The van der Waals surface area contributed by atoms with Crippen LogP contribution in [0, 0.1) is 0 Å². The van der Waals surface area contributed by atoms with Crippen molar-refractivity contribution in [2.75, 3.05) is 20.1 Å². The Morgan fingerprint density at radius 2 is 1.93 bits per heavy atom. The molecule has 4 rings (SSSR count). The van der Waals surface area contributed by atoms with Crippen molar-refractivity contribution < 1.29 is 13.6 Å². The van der Waals surface area contributed by atoms with Crippen LogP contribution in [0.3, 0.4) is 0 Å². The van der Waals surface area contributed by atoms with Crippen LogP contribution < -0.4 is 0 Å². The molecule has 0 spiro atoms. The second-order valence-electron chi connectivity index (χ2n) is 7.19. The first-order valence-corrected chi connectivity index (χ1v) is 9.86. The van der Waals surface area contributed by atoms with E-state index in [1.165, 1.54) is 0 Å². The number of likely N-dealkylation sites (tertiary alicyclic amines) is 1. The molecule has 3 heterocycles. The van der Waals surface area contributed by atoms with Crippen molar-refractivity contribution in [3.63, 3.8) is 0 Å². The van der Waals surface area contributed by atoms with E-state index >= 15 is 0 Å². The van der Waals surface area contributed by atoms with Crippen LogP contribution in [0.15, 0.2) is 63.6 Å². The second-order valence-corrected chi connectivity index (χ2v) is 7.60. The van der Waals surface area contributed by atoms with Gasteiger partial charge >= 0.3 is 0 Å². The quantitative estimate of drug-likeness (QED) is 0.611. The molecule has 1 aromatic carbocycles. The van der Waals surface area contributed by atoms with Crippen molar-refractivity contribution in [3.8, 4) is 11.3 Å². The van der Waals surface area contributed by atoms with E-state index in [-0.39, 0.29) is 11.9 Å². The molecule has 1 fully saturated rings. The Bertz CT molecular complexity index is 927. The van der Waals surface area contributed by atoms with E-state index < -0.39 is 0 Å². The molecule has 0 aliphatic carbocycles. The number of hydrogen-bond donors (Lipinski definition) is 0. The van der Waals surface area contributed by atoms with Gasteiger partial charge in [0, 0.05) is 11.6 Å². The molecule has 0 N–H and O–H groups in total. The predicted octanol–water partition coefficient (Wildman–Crippen LogP) is 4.93. The average molecular weight is 399 g/mol. The fourth-order valence-electron chi connectivity index (χ4n) is 3.64. The van der Waals surface area contributed by atoms with E-state index in [0.29, 0.717) is 23.1 Å². The Hall–Kier alpha value is -2.50. The summed E-state index contributed by atoms with van der Waals surface area (Å²) in [7, 11) is 2.11. The largest absolute Gasteiger partial charge is 0.467 e. The molecule has 0 atom stereocenters. The molecule has 6 heteroatoms. The number of hydrogen-bond acceptors (Lipinski definition) is 4. The third kappa shape index (κ3) is 4.01. The van der Waals surface area contributed by atoms with E-state index in [1.54, 1.807) is 18.4 Å². The summed E-state index contributed by atoms with van der Waals surface area (Å²) in [5.41, 5.74) is 0.778. The number of carbonyl (C=O) groups is 1. The maximum atomic E-state index is 13.3. The molecule has 146 valence electrons. The van der Waals surface area contributed by atoms with E-state index in [0.717, 1.165) is 37.3 Å². The number of carbonyl (C=O) groups excluding carboxylic acids is 1. The SMILES string of the molecule is CN1CCC(N(Cc2ccco2)C(=O)c2ccc(-c3ccccc3Cl)o2)CC1. The fraction of sp³-hybridized carbons (Fsp3) is 0.318. The van der Waals surface area contributed by atoms with Gasteiger partial charge in [0.2, 0.25) is 0 Å². The summed E-state index contributed by atoms with van der Waals surface area (Å²) in [6.45, 7) is 2.37. The molecule has 0 saturated carbocycles. The van der Waals surface area contributed by atoms with E-state index in [9.17, 15) is 4.79 Å². The summed E-state index contributed by atoms with van der Waals surface area (Å²) in [6, 6.07) is 14.9. The number of amides is 1. The Morgan fingerprint density at radius 1 is 1.14 bits per heavy atom. The van der Waals surface area contributed by atoms with Gasteiger partial charge in [-0.25, -0.2) is 0 Å². The summed E-state index contributed by atoms with van der Waals surface area (Å²) in [4.78, 5) is 17.5. The maximum absolute atomic E-state index is 13.3. The van der Waals surface area contributed by atoms with Crippen LogP contribution in [0.4, 0.5) is 0 Å². The van der Waals surface area contributed by atoms with Gasteiger partial charge in [0.15, 0.2) is 5.76 Å². The average Bonchev–Trinajstić information content (AvgIpc) is 3.39. The monoisotopic (exact) mass is 398 g/mol. The van der Waals surface area contributed by atoms with E-state index in [2.05, 4.69) is 11.9 Å². The van der Waals surface area contributed by atoms with Crippen molar-refractivity contribution in [2.45, 2.75) is 25.4 Å². The number of piperidine rings is 1. The molecule has 0 bridgehead atoms. The highest BCUT2D eigenvalue weighted by Crippen LogP contribution is 2.30. The smallest absolute Gasteiger partial charge is 0.290 e. The first kappa shape index (κ1) is 18.8. The van der Waals surface area contributed by atoms with E-state index in [4.69, 9.17) is 20.4 Å². The molecular formula is C22H23ClN2O3. The van der Waals surface area contributed by atoms with Crippen molar-refractivity contribution in [1.82, 2.24) is 9.80 Å². The maximum Gasteiger partial charge on any atom is 0.290 e. The summed E-state index contributed by atoms with van der Waals surface area (Å²) in [5, 5.41) is 0.596. The summed E-state index contributed by atoms with van der Waals surface area (Å²) < 4.78 is 11.4. The van der Waals surface area contributed by atoms with Gasteiger partial charge in [0.1, 0.15) is 11.5 Å². The van der Waals surface area contributed by atoms with Gasteiger partial charge < -0.3 is 18.6 Å². The van der Waals surface area contributed by atoms with Crippen molar-refractivity contribution in [1.29, 1.82) is 0 Å². The number of rotatable bonds is 5. The lowest BCUT2D eigenvalue weighted by Gasteiger charge is -2.36. The van der Waals surface area contributed by atoms with Crippen LogP contribution in [0.5, 0.6) is 0 Å². The Labute approximate surface area is 169 Å². The summed E-state index contributed by atoms with van der Waals surface area (Å²) in [6.07, 6.45) is 3.50. The molecule has 2 aromatic heterocycles. The zero-order valence-electron chi connectivity index (χ0n) is 15.8. The van der Waals surface area contributed by atoms with Gasteiger partial charge in [-0.1, -0.05) is 23.7 Å².